The van der Waals surface area contributed by atoms with Gasteiger partial charge in [-0.1, -0.05) is 29.8 Å². The lowest BCUT2D eigenvalue weighted by Crippen LogP contribution is -2.32. The summed E-state index contributed by atoms with van der Waals surface area (Å²) in [6.07, 6.45) is 0. The van der Waals surface area contributed by atoms with Crippen LogP contribution >= 0.6 is 0 Å². The molecule has 0 unspecified atom stereocenters. The van der Waals surface area contributed by atoms with Crippen LogP contribution in [0, 0.1) is 6.92 Å². The van der Waals surface area contributed by atoms with Gasteiger partial charge in [0.1, 0.15) is 0 Å². The zero-order chi connectivity index (χ0) is 11.5. The highest BCUT2D eigenvalue weighted by Gasteiger charge is 2.13. The third kappa shape index (κ3) is 2.29. The van der Waals surface area contributed by atoms with Crippen LogP contribution in [0.4, 0.5) is 0 Å². The first-order chi connectivity index (χ1) is 7.66. The lowest BCUT2D eigenvalue weighted by molar-refractivity contribution is 0.424. The Kier molecular flexibility index (Phi) is 3.03. The van der Waals surface area contributed by atoms with Gasteiger partial charge in [-0.2, -0.15) is 0 Å². The Morgan fingerprint density at radius 2 is 1.81 bits per heavy atom. The fourth-order valence-electron chi connectivity index (χ4n) is 1.56. The third-order valence-electron chi connectivity index (χ3n) is 2.35. The molecular weight excluding hydrogens is 201 g/mol. The molecule has 2 N–H and O–H groups in total. The van der Waals surface area contributed by atoms with E-state index < -0.39 is 7.12 Å². The number of aryl methyl sites for hydroxylation is 1. The minimum atomic E-state index is -1.52. The first-order valence-electron chi connectivity index (χ1n) is 5.07. The van der Waals surface area contributed by atoms with E-state index >= 15 is 0 Å². The van der Waals surface area contributed by atoms with E-state index in [0.717, 1.165) is 16.8 Å². The van der Waals surface area contributed by atoms with Crippen molar-refractivity contribution >= 4 is 12.7 Å². The molecule has 3 nitrogen and oxygen atoms in total. The van der Waals surface area contributed by atoms with Gasteiger partial charge in [0.05, 0.1) is 11.3 Å². The monoisotopic (exact) mass is 213 g/mol. The Labute approximate surface area is 94.6 Å². The maximum Gasteiger partial charge on any atom is 0.508 e. The molecule has 80 valence electrons. The summed E-state index contributed by atoms with van der Waals surface area (Å²) in [5.74, 6) is 0. The quantitative estimate of drug-likeness (QED) is 0.723. The molecule has 4 heteroatoms. The molecule has 0 spiro atoms. The maximum atomic E-state index is 9.04. The van der Waals surface area contributed by atoms with Gasteiger partial charge in [-0.25, -0.2) is 0 Å². The van der Waals surface area contributed by atoms with Crippen molar-refractivity contribution < 1.29 is 10.0 Å². The minimum Gasteiger partial charge on any atom is -0.422 e. The van der Waals surface area contributed by atoms with Crippen molar-refractivity contribution in [3.8, 4) is 11.3 Å². The molecule has 0 fully saturated rings. The van der Waals surface area contributed by atoms with Crippen LogP contribution in [0.2, 0.25) is 0 Å². The molecule has 0 radical (unpaired) electrons. The fraction of sp³-hybridized carbons (Fsp3) is 0.0833. The van der Waals surface area contributed by atoms with Gasteiger partial charge in [0, 0.05) is 5.56 Å². The van der Waals surface area contributed by atoms with Crippen molar-refractivity contribution in [2.24, 2.45) is 0 Å². The van der Waals surface area contributed by atoms with Gasteiger partial charge in [0.2, 0.25) is 0 Å². The average Bonchev–Trinajstić information content (AvgIpc) is 2.29. The van der Waals surface area contributed by atoms with E-state index in [1.807, 2.05) is 37.3 Å². The molecule has 16 heavy (non-hydrogen) atoms. The second-order valence-corrected chi connectivity index (χ2v) is 3.69. The van der Waals surface area contributed by atoms with E-state index in [-0.39, 0.29) is 5.59 Å². The number of benzene rings is 1. The van der Waals surface area contributed by atoms with E-state index in [0.29, 0.717) is 0 Å². The van der Waals surface area contributed by atoms with Crippen molar-refractivity contribution in [3.63, 3.8) is 0 Å². The third-order valence-corrected chi connectivity index (χ3v) is 2.35. The Balaban J connectivity index is 2.44. The van der Waals surface area contributed by atoms with Crippen LogP contribution in [-0.4, -0.2) is 22.2 Å². The van der Waals surface area contributed by atoms with Gasteiger partial charge in [-0.15, -0.1) is 0 Å². The molecule has 0 saturated carbocycles. The maximum absolute atomic E-state index is 9.04. The Hall–Kier alpha value is -1.65. The summed E-state index contributed by atoms with van der Waals surface area (Å²) in [5, 5.41) is 18.1. The molecule has 1 aromatic heterocycles. The summed E-state index contributed by atoms with van der Waals surface area (Å²) in [7, 11) is -1.52. The highest BCUT2D eigenvalue weighted by atomic mass is 16.4. The van der Waals surface area contributed by atoms with E-state index in [4.69, 9.17) is 10.0 Å². The molecular formula is C12H12BNO2. The SMILES string of the molecule is Cc1cccc(-c2cccc(B(O)O)n2)c1. The van der Waals surface area contributed by atoms with Crippen LogP contribution in [0.25, 0.3) is 11.3 Å². The van der Waals surface area contributed by atoms with Gasteiger partial charge in [0.25, 0.3) is 0 Å². The molecule has 0 atom stereocenters. The zero-order valence-electron chi connectivity index (χ0n) is 8.96. The van der Waals surface area contributed by atoms with Crippen LogP contribution in [0.15, 0.2) is 42.5 Å². The second-order valence-electron chi connectivity index (χ2n) is 3.69. The number of pyridine rings is 1. The number of hydrogen-bond acceptors (Lipinski definition) is 3. The highest BCUT2D eigenvalue weighted by Crippen LogP contribution is 2.16. The number of nitrogens with zero attached hydrogens (tertiary/aromatic N) is 1. The molecule has 2 aromatic rings. The van der Waals surface area contributed by atoms with E-state index in [2.05, 4.69) is 4.98 Å². The molecule has 1 aromatic carbocycles. The van der Waals surface area contributed by atoms with Crippen molar-refractivity contribution in [1.82, 2.24) is 4.98 Å². The summed E-state index contributed by atoms with van der Waals surface area (Å²) in [6.45, 7) is 2.01. The molecule has 0 aliphatic carbocycles. The topological polar surface area (TPSA) is 53.4 Å². The van der Waals surface area contributed by atoms with Crippen LogP contribution in [0.3, 0.4) is 0 Å². The zero-order valence-corrected chi connectivity index (χ0v) is 8.96. The summed E-state index contributed by atoms with van der Waals surface area (Å²) >= 11 is 0. The summed E-state index contributed by atoms with van der Waals surface area (Å²) in [4.78, 5) is 4.18. The largest absolute Gasteiger partial charge is 0.508 e. The highest BCUT2D eigenvalue weighted by molar-refractivity contribution is 6.57. The van der Waals surface area contributed by atoms with Gasteiger partial charge in [-0.05, 0) is 25.1 Å². The first kappa shape index (κ1) is 10.9. The van der Waals surface area contributed by atoms with Gasteiger partial charge in [0.15, 0.2) is 0 Å². The van der Waals surface area contributed by atoms with E-state index in [1.165, 1.54) is 0 Å². The van der Waals surface area contributed by atoms with Crippen molar-refractivity contribution in [3.05, 3.63) is 48.0 Å². The standard InChI is InChI=1S/C12H12BNO2/c1-9-4-2-5-10(8-9)11-6-3-7-12(14-11)13(15)16/h2-8,15-16H,1H3. The van der Waals surface area contributed by atoms with Crippen LogP contribution in [0.5, 0.6) is 0 Å². The van der Waals surface area contributed by atoms with E-state index in [1.54, 1.807) is 12.1 Å². The van der Waals surface area contributed by atoms with Gasteiger partial charge < -0.3 is 10.0 Å². The van der Waals surface area contributed by atoms with Crippen molar-refractivity contribution in [2.75, 3.05) is 0 Å². The summed E-state index contributed by atoms with van der Waals surface area (Å²) in [5.41, 5.74) is 3.13. The molecule has 0 bridgehead atoms. The molecule has 1 heterocycles. The summed E-state index contributed by atoms with van der Waals surface area (Å²) < 4.78 is 0. The number of rotatable bonds is 2. The fourth-order valence-corrected chi connectivity index (χ4v) is 1.56. The van der Waals surface area contributed by atoms with Crippen LogP contribution < -0.4 is 5.59 Å². The number of hydrogen-bond donors (Lipinski definition) is 2. The van der Waals surface area contributed by atoms with Crippen LogP contribution in [0.1, 0.15) is 5.56 Å². The molecule has 2 rings (SSSR count). The lowest BCUT2D eigenvalue weighted by Gasteiger charge is -2.04. The van der Waals surface area contributed by atoms with E-state index in [9.17, 15) is 0 Å². The lowest BCUT2D eigenvalue weighted by atomic mass is 9.85. The molecule has 0 amide bonds. The number of aromatic nitrogens is 1. The van der Waals surface area contributed by atoms with Gasteiger partial charge in [-0.3, -0.25) is 4.98 Å². The Morgan fingerprint density at radius 1 is 1.06 bits per heavy atom. The smallest absolute Gasteiger partial charge is 0.422 e. The van der Waals surface area contributed by atoms with Crippen molar-refractivity contribution in [1.29, 1.82) is 0 Å². The Bertz CT molecular complexity index is 500. The predicted molar refractivity (Wildman–Crippen MR) is 64.2 cm³/mol. The first-order valence-corrected chi connectivity index (χ1v) is 5.07. The average molecular weight is 213 g/mol. The van der Waals surface area contributed by atoms with Gasteiger partial charge >= 0.3 is 7.12 Å². The van der Waals surface area contributed by atoms with Crippen molar-refractivity contribution in [2.45, 2.75) is 6.92 Å². The second kappa shape index (κ2) is 4.47. The predicted octanol–water partition coefficient (Wildman–Crippen LogP) is 0.737. The van der Waals surface area contributed by atoms with Crippen LogP contribution in [-0.2, 0) is 0 Å². The molecule has 0 aliphatic heterocycles. The Morgan fingerprint density at radius 3 is 2.50 bits per heavy atom. The normalized spacial score (nSPS) is 10.2. The minimum absolute atomic E-state index is 0.263. The summed E-state index contributed by atoms with van der Waals surface area (Å²) in [6, 6.07) is 13.1. The molecule has 0 saturated heterocycles. The molecule has 0 aliphatic rings.